The molecule has 20 heavy (non-hydrogen) atoms. The third-order valence-electron chi connectivity index (χ3n) is 2.12. The zero-order chi connectivity index (χ0) is 15.9. The van der Waals surface area contributed by atoms with Gasteiger partial charge in [0.2, 0.25) is 0 Å². The molecule has 116 valence electrons. The molecule has 0 saturated heterocycles. The Morgan fingerprint density at radius 1 is 1.15 bits per heavy atom. The first kappa shape index (κ1) is 18.2. The maximum atomic E-state index is 11.9. The van der Waals surface area contributed by atoms with Gasteiger partial charge in [-0.15, -0.1) is 0 Å². The monoisotopic (exact) mass is 290 g/mol. The van der Waals surface area contributed by atoms with Gasteiger partial charge in [0.05, 0.1) is 20.8 Å². The Labute approximate surface area is 118 Å². The topological polar surface area (TPSA) is 108 Å². The van der Waals surface area contributed by atoms with E-state index < -0.39 is 29.7 Å². The highest BCUT2D eigenvalue weighted by molar-refractivity contribution is 5.80. The summed E-state index contributed by atoms with van der Waals surface area (Å²) in [6, 6.07) is -1.07. The largest absolute Gasteiger partial charge is 0.468 e. The maximum absolute atomic E-state index is 11.9. The molecule has 0 aliphatic carbocycles. The number of nitrogens with zero attached hydrogens (tertiary/aromatic N) is 1. The lowest BCUT2D eigenvalue weighted by Gasteiger charge is -2.27. The molecule has 1 amide bonds. The molecule has 0 radical (unpaired) electrons. The van der Waals surface area contributed by atoms with Crippen molar-refractivity contribution < 1.29 is 28.6 Å². The summed E-state index contributed by atoms with van der Waals surface area (Å²) in [6.45, 7) is 4.47. The summed E-state index contributed by atoms with van der Waals surface area (Å²) in [5.41, 5.74) is 4.84. The molecule has 0 rings (SSSR count). The van der Waals surface area contributed by atoms with Gasteiger partial charge in [0.15, 0.2) is 0 Å². The molecule has 0 spiro atoms. The highest BCUT2D eigenvalue weighted by Crippen LogP contribution is 2.10. The fourth-order valence-corrected chi connectivity index (χ4v) is 1.21. The van der Waals surface area contributed by atoms with Crippen LogP contribution < -0.4 is 5.73 Å². The molecule has 0 unspecified atom stereocenters. The molecule has 0 aliphatic rings. The van der Waals surface area contributed by atoms with E-state index in [4.69, 9.17) is 10.5 Å². The summed E-state index contributed by atoms with van der Waals surface area (Å²) in [5, 5.41) is 0. The Morgan fingerprint density at radius 2 is 1.70 bits per heavy atom. The first-order valence-electron chi connectivity index (χ1n) is 5.99. The van der Waals surface area contributed by atoms with Crippen molar-refractivity contribution in [2.75, 3.05) is 27.3 Å². The molecule has 8 nitrogen and oxygen atoms in total. The van der Waals surface area contributed by atoms with Crippen molar-refractivity contribution in [2.24, 2.45) is 5.73 Å². The van der Waals surface area contributed by atoms with Crippen molar-refractivity contribution >= 4 is 18.0 Å². The Hall–Kier alpha value is -1.83. The third kappa shape index (κ3) is 6.93. The zero-order valence-electron chi connectivity index (χ0n) is 12.5. The number of methoxy groups -OCH3 is 2. The van der Waals surface area contributed by atoms with E-state index in [-0.39, 0.29) is 13.1 Å². The van der Waals surface area contributed by atoms with Gasteiger partial charge < -0.3 is 19.9 Å². The summed E-state index contributed by atoms with van der Waals surface area (Å²) in [4.78, 5) is 35.5. The lowest BCUT2D eigenvalue weighted by atomic mass is 10.2. The van der Waals surface area contributed by atoms with E-state index in [2.05, 4.69) is 9.47 Å². The predicted octanol–water partition coefficient (Wildman–Crippen LogP) is -0.103. The molecule has 1 atom stereocenters. The third-order valence-corrected chi connectivity index (χ3v) is 2.12. The van der Waals surface area contributed by atoms with Crippen LogP contribution in [0.4, 0.5) is 4.79 Å². The second-order valence-electron chi connectivity index (χ2n) is 5.07. The Morgan fingerprint density at radius 3 is 2.10 bits per heavy atom. The first-order chi connectivity index (χ1) is 9.10. The average Bonchev–Trinajstić information content (AvgIpc) is 2.34. The summed E-state index contributed by atoms with van der Waals surface area (Å²) in [6.07, 6.45) is -0.762. The zero-order valence-corrected chi connectivity index (χ0v) is 12.5. The van der Waals surface area contributed by atoms with E-state index >= 15 is 0 Å². The molecule has 0 aromatic carbocycles. The minimum absolute atomic E-state index is 0.212. The van der Waals surface area contributed by atoms with Crippen LogP contribution in [-0.2, 0) is 23.8 Å². The van der Waals surface area contributed by atoms with Gasteiger partial charge in [0.25, 0.3) is 0 Å². The van der Waals surface area contributed by atoms with E-state index in [1.165, 1.54) is 14.2 Å². The molecular formula is C12H22N2O6. The van der Waals surface area contributed by atoms with E-state index in [1.54, 1.807) is 20.8 Å². The van der Waals surface area contributed by atoms with Crippen LogP contribution in [-0.4, -0.2) is 61.9 Å². The number of carbonyl (C=O) groups is 3. The van der Waals surface area contributed by atoms with E-state index in [0.717, 1.165) is 4.90 Å². The molecule has 0 aromatic rings. The molecule has 0 aliphatic heterocycles. The molecule has 2 N–H and O–H groups in total. The summed E-state index contributed by atoms with van der Waals surface area (Å²) in [5.74, 6) is -1.34. The van der Waals surface area contributed by atoms with Crippen LogP contribution in [0.5, 0.6) is 0 Å². The summed E-state index contributed by atoms with van der Waals surface area (Å²) in [7, 11) is 2.37. The van der Waals surface area contributed by atoms with Crippen LogP contribution >= 0.6 is 0 Å². The van der Waals surface area contributed by atoms with Crippen LogP contribution in [0.15, 0.2) is 0 Å². The molecule has 0 aromatic heterocycles. The van der Waals surface area contributed by atoms with Crippen LogP contribution in [0.1, 0.15) is 20.8 Å². The highest BCUT2D eigenvalue weighted by atomic mass is 16.6. The van der Waals surface area contributed by atoms with Gasteiger partial charge in [-0.3, -0.25) is 14.5 Å². The number of ether oxygens (including phenoxy) is 3. The number of esters is 2. The van der Waals surface area contributed by atoms with Gasteiger partial charge in [-0.05, 0) is 20.8 Å². The lowest BCUT2D eigenvalue weighted by molar-refractivity contribution is -0.145. The molecule has 8 heteroatoms. The average molecular weight is 290 g/mol. The standard InChI is InChI=1S/C12H22N2O6/c1-12(2,3)20-11(17)14(7-9(15)18-4)6-8(13)10(16)19-5/h8H,6-7,13H2,1-5H3/t8-/m0/s1. The van der Waals surface area contributed by atoms with E-state index in [1.807, 2.05) is 0 Å². The van der Waals surface area contributed by atoms with Gasteiger partial charge in [-0.2, -0.15) is 0 Å². The van der Waals surface area contributed by atoms with Crippen LogP contribution in [0, 0.1) is 0 Å². The minimum Gasteiger partial charge on any atom is -0.468 e. The van der Waals surface area contributed by atoms with E-state index in [9.17, 15) is 14.4 Å². The molecule has 0 bridgehead atoms. The highest BCUT2D eigenvalue weighted by Gasteiger charge is 2.28. The smallest absolute Gasteiger partial charge is 0.410 e. The fraction of sp³-hybridized carbons (Fsp3) is 0.750. The number of rotatable bonds is 5. The fourth-order valence-electron chi connectivity index (χ4n) is 1.21. The second kappa shape index (κ2) is 7.68. The number of hydrogen-bond donors (Lipinski definition) is 1. The number of hydrogen-bond acceptors (Lipinski definition) is 7. The second-order valence-corrected chi connectivity index (χ2v) is 5.07. The van der Waals surface area contributed by atoms with Crippen LogP contribution in [0.2, 0.25) is 0 Å². The number of carbonyl (C=O) groups excluding carboxylic acids is 3. The van der Waals surface area contributed by atoms with E-state index in [0.29, 0.717) is 0 Å². The van der Waals surface area contributed by atoms with Crippen LogP contribution in [0.25, 0.3) is 0 Å². The van der Waals surface area contributed by atoms with Crippen molar-refractivity contribution in [1.82, 2.24) is 4.90 Å². The molecule has 0 fully saturated rings. The normalized spacial score (nSPS) is 12.3. The number of amides is 1. The van der Waals surface area contributed by atoms with Gasteiger partial charge in [0, 0.05) is 0 Å². The molecular weight excluding hydrogens is 268 g/mol. The predicted molar refractivity (Wildman–Crippen MR) is 69.8 cm³/mol. The maximum Gasteiger partial charge on any atom is 0.410 e. The van der Waals surface area contributed by atoms with Crippen LogP contribution in [0.3, 0.4) is 0 Å². The molecule has 0 saturated carbocycles. The minimum atomic E-state index is -1.07. The molecule has 0 heterocycles. The summed E-state index contributed by atoms with van der Waals surface area (Å²) < 4.78 is 14.1. The van der Waals surface area contributed by atoms with Gasteiger partial charge in [0.1, 0.15) is 18.2 Å². The quantitative estimate of drug-likeness (QED) is 0.556. The van der Waals surface area contributed by atoms with Gasteiger partial charge in [-0.1, -0.05) is 0 Å². The van der Waals surface area contributed by atoms with Crippen molar-refractivity contribution in [2.45, 2.75) is 32.4 Å². The van der Waals surface area contributed by atoms with Gasteiger partial charge in [-0.25, -0.2) is 4.79 Å². The van der Waals surface area contributed by atoms with Crippen molar-refractivity contribution in [3.05, 3.63) is 0 Å². The Bertz CT molecular complexity index is 363. The van der Waals surface area contributed by atoms with Crippen molar-refractivity contribution in [3.8, 4) is 0 Å². The SMILES string of the molecule is COC(=O)CN(C[C@H](N)C(=O)OC)C(=O)OC(C)(C)C. The number of nitrogens with two attached hydrogens (primary N) is 1. The van der Waals surface area contributed by atoms with Crippen molar-refractivity contribution in [1.29, 1.82) is 0 Å². The summed E-state index contributed by atoms with van der Waals surface area (Å²) >= 11 is 0. The Balaban J connectivity index is 4.85. The van der Waals surface area contributed by atoms with Crippen molar-refractivity contribution in [3.63, 3.8) is 0 Å². The first-order valence-corrected chi connectivity index (χ1v) is 5.99. The van der Waals surface area contributed by atoms with Gasteiger partial charge >= 0.3 is 18.0 Å². The lowest BCUT2D eigenvalue weighted by Crippen LogP contribution is -2.49. The Kier molecular flexibility index (Phi) is 6.98.